The van der Waals surface area contributed by atoms with Crippen molar-refractivity contribution in [3.05, 3.63) is 22.7 Å². The summed E-state index contributed by atoms with van der Waals surface area (Å²) < 4.78 is 0.936. The van der Waals surface area contributed by atoms with Crippen LogP contribution in [-0.2, 0) is 0 Å². The summed E-state index contributed by atoms with van der Waals surface area (Å²) in [5.74, 6) is 5.20. The monoisotopic (exact) mass is 218 g/mol. The van der Waals surface area contributed by atoms with Crippen LogP contribution in [0.25, 0.3) is 0 Å². The van der Waals surface area contributed by atoms with Gasteiger partial charge in [0, 0.05) is 9.37 Å². The van der Waals surface area contributed by atoms with Crippen LogP contribution in [0, 0.1) is 0 Å². The number of benzene rings is 1. The molecule has 1 rings (SSSR count). The highest BCUT2D eigenvalue weighted by atomic mass is 79.9. The summed E-state index contributed by atoms with van der Waals surface area (Å²) in [7, 11) is 0. The van der Waals surface area contributed by atoms with Crippen LogP contribution < -0.4 is 11.3 Å². The first-order valence-electron chi connectivity index (χ1n) is 2.70. The van der Waals surface area contributed by atoms with Gasteiger partial charge in [0.15, 0.2) is 0 Å². The molecule has 0 heterocycles. The zero-order valence-corrected chi connectivity index (χ0v) is 7.62. The minimum absolute atomic E-state index is 0.817. The number of nitrogens with one attached hydrogen (secondary N) is 1. The van der Waals surface area contributed by atoms with E-state index in [0.717, 1.165) is 15.1 Å². The third-order valence-electron chi connectivity index (χ3n) is 1.14. The van der Waals surface area contributed by atoms with Crippen LogP contribution in [0.4, 0.5) is 5.69 Å². The van der Waals surface area contributed by atoms with Crippen molar-refractivity contribution in [1.82, 2.24) is 0 Å². The van der Waals surface area contributed by atoms with E-state index >= 15 is 0 Å². The smallest absolute Gasteiger partial charge is 0.0629 e. The van der Waals surface area contributed by atoms with Crippen LogP contribution in [0.5, 0.6) is 0 Å². The van der Waals surface area contributed by atoms with Gasteiger partial charge in [0.2, 0.25) is 0 Å². The molecule has 0 radical (unpaired) electrons. The maximum atomic E-state index is 5.20. The molecule has 0 aliphatic rings. The average Bonchev–Trinajstić information content (AvgIpc) is 1.95. The van der Waals surface area contributed by atoms with Crippen molar-refractivity contribution in [1.29, 1.82) is 0 Å². The number of hydrogen-bond acceptors (Lipinski definition) is 3. The molecule has 0 spiro atoms. The van der Waals surface area contributed by atoms with Crippen molar-refractivity contribution in [2.75, 3.05) is 5.43 Å². The van der Waals surface area contributed by atoms with E-state index in [1.807, 2.05) is 18.2 Å². The highest BCUT2D eigenvalue weighted by Gasteiger charge is 1.98. The van der Waals surface area contributed by atoms with Gasteiger partial charge in [0.1, 0.15) is 0 Å². The summed E-state index contributed by atoms with van der Waals surface area (Å²) in [5, 5.41) is 0. The van der Waals surface area contributed by atoms with Gasteiger partial charge in [-0.15, -0.1) is 12.6 Å². The molecule has 0 aliphatic carbocycles. The first kappa shape index (κ1) is 7.91. The number of halogens is 1. The molecule has 1 aromatic carbocycles. The highest BCUT2D eigenvalue weighted by molar-refractivity contribution is 9.10. The molecule has 1 aromatic rings. The van der Waals surface area contributed by atoms with Gasteiger partial charge in [-0.25, -0.2) is 0 Å². The summed E-state index contributed by atoms with van der Waals surface area (Å²) >= 11 is 7.52. The number of hydrazine groups is 1. The van der Waals surface area contributed by atoms with Crippen LogP contribution in [0.2, 0.25) is 0 Å². The first-order chi connectivity index (χ1) is 4.75. The van der Waals surface area contributed by atoms with E-state index in [-0.39, 0.29) is 0 Å². The molecule has 54 valence electrons. The van der Waals surface area contributed by atoms with E-state index in [1.165, 1.54) is 0 Å². The van der Waals surface area contributed by atoms with E-state index in [9.17, 15) is 0 Å². The predicted octanol–water partition coefficient (Wildman–Crippen LogP) is 2.02. The van der Waals surface area contributed by atoms with Gasteiger partial charge in [-0.2, -0.15) is 0 Å². The minimum atomic E-state index is 0.817. The average molecular weight is 219 g/mol. The maximum absolute atomic E-state index is 5.20. The lowest BCUT2D eigenvalue weighted by atomic mass is 10.3. The fourth-order valence-electron chi connectivity index (χ4n) is 0.632. The Morgan fingerprint density at radius 2 is 2.20 bits per heavy atom. The van der Waals surface area contributed by atoms with E-state index in [4.69, 9.17) is 5.84 Å². The number of nitrogens with two attached hydrogens (primary N) is 1. The first-order valence-corrected chi connectivity index (χ1v) is 3.94. The minimum Gasteiger partial charge on any atom is -0.323 e. The Kier molecular flexibility index (Phi) is 2.59. The van der Waals surface area contributed by atoms with Gasteiger partial charge < -0.3 is 5.43 Å². The number of anilines is 1. The third-order valence-corrected chi connectivity index (χ3v) is 2.59. The second-order valence-electron chi connectivity index (χ2n) is 1.78. The third kappa shape index (κ3) is 1.45. The molecule has 4 heteroatoms. The molecule has 0 aliphatic heterocycles. The van der Waals surface area contributed by atoms with Crippen molar-refractivity contribution in [3.63, 3.8) is 0 Å². The molecule has 0 atom stereocenters. The number of nitrogen functional groups attached to an aromatic ring is 1. The molecule has 0 amide bonds. The van der Waals surface area contributed by atoms with Gasteiger partial charge in [-0.3, -0.25) is 5.84 Å². The van der Waals surface area contributed by atoms with Gasteiger partial charge in [0.25, 0.3) is 0 Å². The molecule has 3 N–H and O–H groups in total. The predicted molar refractivity (Wildman–Crippen MR) is 49.2 cm³/mol. The molecule has 0 saturated heterocycles. The van der Waals surface area contributed by atoms with Crippen LogP contribution in [0.3, 0.4) is 0 Å². The zero-order chi connectivity index (χ0) is 7.56. The van der Waals surface area contributed by atoms with Crippen molar-refractivity contribution in [2.45, 2.75) is 4.90 Å². The molecular weight excluding hydrogens is 212 g/mol. The van der Waals surface area contributed by atoms with Crippen molar-refractivity contribution >= 4 is 34.2 Å². The molecule has 2 nitrogen and oxygen atoms in total. The Balaban J connectivity index is 3.14. The largest absolute Gasteiger partial charge is 0.323 e. The highest BCUT2D eigenvalue weighted by Crippen LogP contribution is 2.26. The zero-order valence-electron chi connectivity index (χ0n) is 5.13. The Labute approximate surface area is 73.3 Å². The van der Waals surface area contributed by atoms with Crippen LogP contribution in [-0.4, -0.2) is 0 Å². The van der Waals surface area contributed by atoms with Gasteiger partial charge in [0.05, 0.1) is 5.69 Å². The Morgan fingerprint density at radius 3 is 2.70 bits per heavy atom. The maximum Gasteiger partial charge on any atom is 0.0629 e. The Morgan fingerprint density at radius 1 is 1.50 bits per heavy atom. The number of hydrogen-bond donors (Lipinski definition) is 3. The fourth-order valence-corrected chi connectivity index (χ4v) is 1.21. The molecule has 0 saturated carbocycles. The van der Waals surface area contributed by atoms with Crippen LogP contribution in [0.1, 0.15) is 0 Å². The van der Waals surface area contributed by atoms with E-state index in [2.05, 4.69) is 34.0 Å². The molecule has 0 bridgehead atoms. The topological polar surface area (TPSA) is 38.0 Å². The summed E-state index contributed by atoms with van der Waals surface area (Å²) in [6, 6.07) is 5.65. The summed E-state index contributed by atoms with van der Waals surface area (Å²) in [5.41, 5.74) is 3.35. The molecule has 0 aromatic heterocycles. The summed E-state index contributed by atoms with van der Waals surface area (Å²) in [4.78, 5) is 0.824. The Bertz CT molecular complexity index is 239. The lowest BCUT2D eigenvalue weighted by molar-refractivity contribution is 1.28. The van der Waals surface area contributed by atoms with Gasteiger partial charge >= 0.3 is 0 Å². The molecule has 0 fully saturated rings. The van der Waals surface area contributed by atoms with E-state index < -0.39 is 0 Å². The van der Waals surface area contributed by atoms with Crippen molar-refractivity contribution < 1.29 is 0 Å². The second kappa shape index (κ2) is 3.27. The van der Waals surface area contributed by atoms with Gasteiger partial charge in [-0.1, -0.05) is 6.07 Å². The van der Waals surface area contributed by atoms with Crippen molar-refractivity contribution in [3.8, 4) is 0 Å². The van der Waals surface area contributed by atoms with Gasteiger partial charge in [-0.05, 0) is 28.1 Å². The normalized spacial score (nSPS) is 9.50. The number of rotatable bonds is 1. The van der Waals surface area contributed by atoms with E-state index in [1.54, 1.807) is 0 Å². The SMILES string of the molecule is NNc1cccc(Br)c1S. The fraction of sp³-hybridized carbons (Fsp3) is 0. The molecule has 10 heavy (non-hydrogen) atoms. The lowest BCUT2D eigenvalue weighted by Gasteiger charge is -2.03. The molecule has 0 unspecified atom stereocenters. The summed E-state index contributed by atoms with van der Waals surface area (Å²) in [6.07, 6.45) is 0. The molecular formula is C6H7BrN2S. The van der Waals surface area contributed by atoms with E-state index in [0.29, 0.717) is 0 Å². The number of thiol groups is 1. The van der Waals surface area contributed by atoms with Crippen LogP contribution in [0.15, 0.2) is 27.6 Å². The Hall–Kier alpha value is -0.190. The summed E-state index contributed by atoms with van der Waals surface area (Å²) in [6.45, 7) is 0. The van der Waals surface area contributed by atoms with Crippen LogP contribution >= 0.6 is 28.6 Å². The second-order valence-corrected chi connectivity index (χ2v) is 3.08. The lowest BCUT2D eigenvalue weighted by Crippen LogP contribution is -2.07. The van der Waals surface area contributed by atoms with Crippen molar-refractivity contribution in [2.24, 2.45) is 5.84 Å². The standard InChI is InChI=1S/C6H7BrN2S/c7-4-2-1-3-5(9-8)6(4)10/h1-3,9-10H,8H2. The quantitative estimate of drug-likeness (QED) is 0.384.